The molecule has 2 aliphatic rings. The van der Waals surface area contributed by atoms with Crippen LogP contribution in [-0.4, -0.2) is 38.6 Å². The van der Waals surface area contributed by atoms with Gasteiger partial charge in [0.25, 0.3) is 0 Å². The zero-order valence-electron chi connectivity index (χ0n) is 21.9. The fourth-order valence-corrected chi connectivity index (χ4v) is 7.53. The van der Waals surface area contributed by atoms with Gasteiger partial charge in [0.05, 0.1) is 38.5 Å². The maximum atomic E-state index is 13.6. The van der Waals surface area contributed by atoms with Crippen molar-refractivity contribution in [3.8, 4) is 22.6 Å². The van der Waals surface area contributed by atoms with E-state index in [4.69, 9.17) is 4.98 Å². The molecule has 0 radical (unpaired) electrons. The molecule has 0 saturated heterocycles. The number of carbonyl (C=O) groups excluding carboxylic acids is 1. The lowest BCUT2D eigenvalue weighted by molar-refractivity contribution is -0.118. The number of anilines is 1. The first kappa shape index (κ1) is 24.0. The minimum absolute atomic E-state index is 0.0397. The number of fused-ring (bicyclic) bond motifs is 7. The van der Waals surface area contributed by atoms with Gasteiger partial charge in [-0.05, 0) is 79.3 Å². The summed E-state index contributed by atoms with van der Waals surface area (Å²) in [6.45, 7) is 2.20. The number of likely N-dealkylation sites (N-methyl/N-ethyl adjacent to an activating group) is 1. The van der Waals surface area contributed by atoms with Crippen molar-refractivity contribution in [2.45, 2.75) is 51.5 Å². The number of hydrogen-bond acceptors (Lipinski definition) is 5. The number of benzene rings is 1. The standard InChI is InChI=1S/C31H28N4O3S/c1-17-12-13-32-23(14-17)22-11-8-19-21(33-22)10-9-20-28(19)34(2)26(36)16-35-24-15-25(31(37)38)39-30(24)27(29(20)35)18-6-4-3-5-7-18/h8-15,18H,3-7,16H2,1-2H3,(H,37,38). The fourth-order valence-electron chi connectivity index (χ4n) is 6.40. The first-order valence-corrected chi connectivity index (χ1v) is 14.3. The van der Waals surface area contributed by atoms with Crippen LogP contribution in [0.5, 0.6) is 0 Å². The van der Waals surface area contributed by atoms with Gasteiger partial charge in [-0.3, -0.25) is 9.78 Å². The molecule has 5 heterocycles. The van der Waals surface area contributed by atoms with Gasteiger partial charge >= 0.3 is 5.97 Å². The van der Waals surface area contributed by atoms with Gasteiger partial charge in [-0.25, -0.2) is 9.78 Å². The molecule has 0 atom stereocenters. The molecule has 0 unspecified atom stereocenters. The normalized spacial score (nSPS) is 15.9. The molecule has 4 aromatic heterocycles. The monoisotopic (exact) mass is 536 g/mol. The van der Waals surface area contributed by atoms with Crippen LogP contribution < -0.4 is 4.90 Å². The van der Waals surface area contributed by atoms with Crippen LogP contribution in [0.4, 0.5) is 5.69 Å². The number of carbonyl (C=O) groups is 2. The van der Waals surface area contributed by atoms with E-state index in [-0.39, 0.29) is 12.5 Å². The molecule has 1 fully saturated rings. The molecule has 5 aromatic rings. The number of pyridine rings is 2. The van der Waals surface area contributed by atoms with E-state index in [9.17, 15) is 14.7 Å². The van der Waals surface area contributed by atoms with Gasteiger partial charge in [0.15, 0.2) is 0 Å². The molecule has 7 nitrogen and oxygen atoms in total. The van der Waals surface area contributed by atoms with Crippen molar-refractivity contribution in [1.82, 2.24) is 14.5 Å². The maximum Gasteiger partial charge on any atom is 0.345 e. The first-order valence-electron chi connectivity index (χ1n) is 13.4. The Morgan fingerprint density at radius 2 is 1.87 bits per heavy atom. The number of aromatic nitrogens is 3. The maximum absolute atomic E-state index is 13.6. The number of hydrogen-bond donors (Lipinski definition) is 1. The lowest BCUT2D eigenvalue weighted by Crippen LogP contribution is -2.28. The van der Waals surface area contributed by atoms with Gasteiger partial charge in [0, 0.05) is 24.2 Å². The summed E-state index contributed by atoms with van der Waals surface area (Å²) in [7, 11) is 1.83. The van der Waals surface area contributed by atoms with E-state index in [0.717, 1.165) is 80.7 Å². The molecule has 0 spiro atoms. The van der Waals surface area contributed by atoms with Crippen molar-refractivity contribution in [3.63, 3.8) is 0 Å². The summed E-state index contributed by atoms with van der Waals surface area (Å²) in [5, 5.41) is 10.7. The predicted molar refractivity (Wildman–Crippen MR) is 155 cm³/mol. The summed E-state index contributed by atoms with van der Waals surface area (Å²) < 4.78 is 3.08. The Bertz CT molecular complexity index is 1810. The van der Waals surface area contributed by atoms with Crippen molar-refractivity contribution in [2.24, 2.45) is 0 Å². The molecule has 1 N–H and O–H groups in total. The van der Waals surface area contributed by atoms with Crippen LogP contribution in [0.3, 0.4) is 0 Å². The molecule has 1 amide bonds. The highest BCUT2D eigenvalue weighted by molar-refractivity contribution is 7.21. The molecule has 196 valence electrons. The van der Waals surface area contributed by atoms with E-state index in [1.54, 1.807) is 17.2 Å². The van der Waals surface area contributed by atoms with E-state index < -0.39 is 5.97 Å². The van der Waals surface area contributed by atoms with Gasteiger partial charge in [-0.2, -0.15) is 0 Å². The molecule has 1 saturated carbocycles. The minimum Gasteiger partial charge on any atom is -0.477 e. The molecule has 7 rings (SSSR count). The summed E-state index contributed by atoms with van der Waals surface area (Å²) in [6.07, 6.45) is 7.50. The minimum atomic E-state index is -0.923. The van der Waals surface area contributed by atoms with Gasteiger partial charge < -0.3 is 14.6 Å². The van der Waals surface area contributed by atoms with Crippen LogP contribution in [0, 0.1) is 6.92 Å². The molecule has 8 heteroatoms. The lowest BCUT2D eigenvalue weighted by Gasteiger charge is -2.24. The predicted octanol–water partition coefficient (Wildman–Crippen LogP) is 7.01. The number of amides is 1. The number of carboxylic acid groups (broad SMARTS) is 1. The second-order valence-corrected chi connectivity index (χ2v) is 11.8. The average molecular weight is 537 g/mol. The quantitative estimate of drug-likeness (QED) is 0.268. The molecule has 0 bridgehead atoms. The van der Waals surface area contributed by atoms with Crippen LogP contribution in [0.25, 0.3) is 43.8 Å². The van der Waals surface area contributed by atoms with Crippen molar-refractivity contribution >= 4 is 50.0 Å². The Kier molecular flexibility index (Phi) is 5.56. The highest BCUT2D eigenvalue weighted by Crippen LogP contribution is 2.50. The highest BCUT2D eigenvalue weighted by Gasteiger charge is 2.34. The molecular formula is C31H28N4O3S. The second-order valence-electron chi connectivity index (χ2n) is 10.7. The molecule has 1 aliphatic carbocycles. The average Bonchev–Trinajstić information content (AvgIpc) is 3.47. The van der Waals surface area contributed by atoms with Crippen molar-refractivity contribution in [3.05, 3.63) is 64.7 Å². The Labute approximate surface area is 229 Å². The Morgan fingerprint density at radius 1 is 1.05 bits per heavy atom. The largest absolute Gasteiger partial charge is 0.477 e. The van der Waals surface area contributed by atoms with E-state index in [1.165, 1.54) is 23.3 Å². The van der Waals surface area contributed by atoms with E-state index in [0.29, 0.717) is 10.8 Å². The summed E-state index contributed by atoms with van der Waals surface area (Å²) in [4.78, 5) is 37.1. The number of carboxylic acids is 1. The van der Waals surface area contributed by atoms with E-state index >= 15 is 0 Å². The molecule has 39 heavy (non-hydrogen) atoms. The van der Waals surface area contributed by atoms with Crippen LogP contribution in [0.1, 0.15) is 58.8 Å². The van der Waals surface area contributed by atoms with Gasteiger partial charge in [-0.1, -0.05) is 19.3 Å². The van der Waals surface area contributed by atoms with Gasteiger partial charge in [-0.15, -0.1) is 11.3 Å². The molecule has 1 aromatic carbocycles. The summed E-state index contributed by atoms with van der Waals surface area (Å²) in [5.41, 5.74) is 8.51. The summed E-state index contributed by atoms with van der Waals surface area (Å²) in [6, 6.07) is 13.9. The molecule has 1 aliphatic heterocycles. The van der Waals surface area contributed by atoms with Gasteiger partial charge in [0.2, 0.25) is 5.91 Å². The number of nitrogens with zero attached hydrogens (tertiary/aromatic N) is 4. The van der Waals surface area contributed by atoms with Crippen molar-refractivity contribution < 1.29 is 14.7 Å². The third kappa shape index (κ3) is 3.77. The van der Waals surface area contributed by atoms with Crippen LogP contribution in [0.15, 0.2) is 48.7 Å². The Morgan fingerprint density at radius 3 is 2.64 bits per heavy atom. The zero-order valence-corrected chi connectivity index (χ0v) is 22.7. The molecular weight excluding hydrogens is 508 g/mol. The summed E-state index contributed by atoms with van der Waals surface area (Å²) in [5.74, 6) is -0.622. The highest BCUT2D eigenvalue weighted by atomic mass is 32.1. The lowest BCUT2D eigenvalue weighted by atomic mass is 9.82. The van der Waals surface area contributed by atoms with Crippen molar-refractivity contribution in [1.29, 1.82) is 0 Å². The number of thiophene rings is 1. The third-order valence-electron chi connectivity index (χ3n) is 8.28. The number of rotatable bonds is 3. The van der Waals surface area contributed by atoms with Crippen LogP contribution in [-0.2, 0) is 11.3 Å². The topological polar surface area (TPSA) is 88.3 Å². The smallest absolute Gasteiger partial charge is 0.345 e. The fraction of sp³-hybridized carbons (Fsp3) is 0.290. The van der Waals surface area contributed by atoms with E-state index in [2.05, 4.69) is 15.6 Å². The second kappa shape index (κ2) is 9.02. The Hall–Kier alpha value is -4.04. The Balaban J connectivity index is 1.50. The van der Waals surface area contributed by atoms with Crippen LogP contribution in [0.2, 0.25) is 0 Å². The van der Waals surface area contributed by atoms with Crippen LogP contribution >= 0.6 is 11.3 Å². The van der Waals surface area contributed by atoms with Crippen molar-refractivity contribution in [2.75, 3.05) is 11.9 Å². The zero-order chi connectivity index (χ0) is 26.8. The third-order valence-corrected chi connectivity index (χ3v) is 9.42. The first-order chi connectivity index (χ1) is 18.9. The number of aromatic carboxylic acids is 1. The SMILES string of the molecule is Cc1ccnc(-c2ccc3c4c(ccc3n2)-c2c(C3CCCCC3)c3sc(C(=O)O)cc3n2CC(=O)N4C)c1. The summed E-state index contributed by atoms with van der Waals surface area (Å²) >= 11 is 1.34. The van der Waals surface area contributed by atoms with E-state index in [1.807, 2.05) is 44.3 Å². The number of aryl methyl sites for hydroxylation is 1. The van der Waals surface area contributed by atoms with Gasteiger partial charge in [0.1, 0.15) is 11.4 Å².